The Morgan fingerprint density at radius 3 is 2.76 bits per heavy atom. The van der Waals surface area contributed by atoms with E-state index in [1.165, 1.54) is 0 Å². The van der Waals surface area contributed by atoms with Crippen molar-refractivity contribution in [3.63, 3.8) is 0 Å². The predicted molar refractivity (Wildman–Crippen MR) is 87.5 cm³/mol. The van der Waals surface area contributed by atoms with Crippen LogP contribution in [0.25, 0.3) is 0 Å². The van der Waals surface area contributed by atoms with Gasteiger partial charge in [0.2, 0.25) is 5.91 Å². The highest BCUT2D eigenvalue weighted by atomic mass is 35.5. The molecule has 0 aliphatic heterocycles. The van der Waals surface area contributed by atoms with Crippen molar-refractivity contribution >= 4 is 28.9 Å². The Bertz CT molecular complexity index is 466. The summed E-state index contributed by atoms with van der Waals surface area (Å²) in [5.41, 5.74) is 6.83. The number of benzene rings is 1. The van der Waals surface area contributed by atoms with Crippen LogP contribution in [0.5, 0.6) is 0 Å². The molecule has 0 bridgehead atoms. The third kappa shape index (κ3) is 6.33. The van der Waals surface area contributed by atoms with Crippen molar-refractivity contribution in [3.8, 4) is 0 Å². The molecule has 21 heavy (non-hydrogen) atoms. The van der Waals surface area contributed by atoms with E-state index < -0.39 is 0 Å². The third-order valence-electron chi connectivity index (χ3n) is 3.26. The summed E-state index contributed by atoms with van der Waals surface area (Å²) < 4.78 is 0. The molecule has 0 aromatic heterocycles. The first-order chi connectivity index (χ1) is 9.93. The maximum absolute atomic E-state index is 11.9. The lowest BCUT2D eigenvalue weighted by Crippen LogP contribution is -2.34. The fourth-order valence-electron chi connectivity index (χ4n) is 2.05. The van der Waals surface area contributed by atoms with Gasteiger partial charge in [0.1, 0.15) is 0 Å². The molecule has 0 spiro atoms. The van der Waals surface area contributed by atoms with Crippen LogP contribution in [0.2, 0.25) is 5.02 Å². The van der Waals surface area contributed by atoms with Gasteiger partial charge in [-0.25, -0.2) is 0 Å². The van der Waals surface area contributed by atoms with E-state index in [2.05, 4.69) is 24.1 Å². The van der Waals surface area contributed by atoms with E-state index in [0.29, 0.717) is 35.4 Å². The highest BCUT2D eigenvalue weighted by Gasteiger charge is 2.10. The second-order valence-corrected chi connectivity index (χ2v) is 5.67. The van der Waals surface area contributed by atoms with E-state index in [9.17, 15) is 4.79 Å². The number of anilines is 2. The molecule has 0 aliphatic rings. The highest BCUT2D eigenvalue weighted by molar-refractivity contribution is 6.31. The van der Waals surface area contributed by atoms with Crippen LogP contribution in [-0.2, 0) is 4.79 Å². The molecule has 0 saturated carbocycles. The first kappa shape index (κ1) is 17.8. The average Bonchev–Trinajstić information content (AvgIpc) is 2.41. The summed E-state index contributed by atoms with van der Waals surface area (Å²) in [4.78, 5) is 14.0. The summed E-state index contributed by atoms with van der Waals surface area (Å²) in [6.07, 6.45) is 1.13. The van der Waals surface area contributed by atoms with Gasteiger partial charge >= 0.3 is 0 Å². The van der Waals surface area contributed by atoms with Crippen LogP contribution in [0.15, 0.2) is 18.2 Å². The first-order valence-electron chi connectivity index (χ1n) is 7.13. The maximum Gasteiger partial charge on any atom is 0.224 e. The summed E-state index contributed by atoms with van der Waals surface area (Å²) in [7, 11) is 0. The van der Waals surface area contributed by atoms with Crippen LogP contribution in [0, 0.1) is 0 Å². The number of rotatable bonds is 8. The summed E-state index contributed by atoms with van der Waals surface area (Å²) in [5, 5.41) is 12.3. The van der Waals surface area contributed by atoms with Crippen LogP contribution in [0.1, 0.15) is 26.7 Å². The van der Waals surface area contributed by atoms with Crippen LogP contribution in [-0.4, -0.2) is 41.7 Å². The Labute approximate surface area is 131 Å². The second-order valence-electron chi connectivity index (χ2n) is 5.24. The van der Waals surface area contributed by atoms with Gasteiger partial charge in [-0.05, 0) is 45.0 Å². The van der Waals surface area contributed by atoms with Gasteiger partial charge in [0.25, 0.3) is 0 Å². The number of hydrogen-bond acceptors (Lipinski definition) is 4. The summed E-state index contributed by atoms with van der Waals surface area (Å²) in [6.45, 7) is 5.67. The minimum absolute atomic E-state index is 0.0864. The molecule has 0 aliphatic carbocycles. The van der Waals surface area contributed by atoms with Crippen LogP contribution >= 0.6 is 11.6 Å². The quantitative estimate of drug-likeness (QED) is 0.644. The number of hydrogen-bond donors (Lipinski definition) is 3. The number of carbonyl (C=O) groups excluding carboxylic acids is 1. The molecule has 0 atom stereocenters. The topological polar surface area (TPSA) is 78.6 Å². The maximum atomic E-state index is 11.9. The lowest BCUT2D eigenvalue weighted by atomic mass is 10.2. The predicted octanol–water partition coefficient (Wildman–Crippen LogP) is 2.34. The monoisotopic (exact) mass is 313 g/mol. The molecule has 6 heteroatoms. The lowest BCUT2D eigenvalue weighted by Gasteiger charge is -2.25. The molecule has 0 unspecified atom stereocenters. The van der Waals surface area contributed by atoms with Gasteiger partial charge in [0.05, 0.1) is 18.0 Å². The standard InChI is InChI=1S/C15H24ClN3O2/c1-11(2)19(8-9-20)7-3-4-15(21)18-14-10-12(16)5-6-13(14)17/h5-6,10-11,20H,3-4,7-9,17H2,1-2H3,(H,18,21). The van der Waals surface area contributed by atoms with Crippen molar-refractivity contribution in [3.05, 3.63) is 23.2 Å². The van der Waals surface area contributed by atoms with Gasteiger partial charge in [-0.3, -0.25) is 9.69 Å². The molecule has 0 saturated heterocycles. The third-order valence-corrected chi connectivity index (χ3v) is 3.49. The van der Waals surface area contributed by atoms with Crippen molar-refractivity contribution in [2.45, 2.75) is 32.7 Å². The van der Waals surface area contributed by atoms with Gasteiger partial charge in [0, 0.05) is 24.0 Å². The summed E-state index contributed by atoms with van der Waals surface area (Å²) >= 11 is 5.88. The number of amides is 1. The Kier molecular flexibility index (Phi) is 7.50. The minimum atomic E-state index is -0.0864. The molecule has 4 N–H and O–H groups in total. The molecule has 118 valence electrons. The van der Waals surface area contributed by atoms with E-state index in [-0.39, 0.29) is 12.5 Å². The molecule has 5 nitrogen and oxygen atoms in total. The van der Waals surface area contributed by atoms with Crippen molar-refractivity contribution < 1.29 is 9.90 Å². The normalized spacial score (nSPS) is 11.1. The van der Waals surface area contributed by atoms with Gasteiger partial charge in [-0.2, -0.15) is 0 Å². The Balaban J connectivity index is 2.42. The second kappa shape index (κ2) is 8.87. The smallest absolute Gasteiger partial charge is 0.224 e. The molecule has 0 radical (unpaired) electrons. The van der Waals surface area contributed by atoms with Gasteiger partial charge < -0.3 is 16.2 Å². The number of carbonyl (C=O) groups is 1. The molecule has 0 fully saturated rings. The van der Waals surface area contributed by atoms with E-state index in [4.69, 9.17) is 22.4 Å². The minimum Gasteiger partial charge on any atom is -0.397 e. The fourth-order valence-corrected chi connectivity index (χ4v) is 2.22. The summed E-state index contributed by atoms with van der Waals surface area (Å²) in [6, 6.07) is 5.34. The zero-order valence-electron chi connectivity index (χ0n) is 12.6. The van der Waals surface area contributed by atoms with E-state index in [1.807, 2.05) is 0 Å². The number of aliphatic hydroxyl groups excluding tert-OH is 1. The Morgan fingerprint density at radius 1 is 1.43 bits per heavy atom. The number of nitrogen functional groups attached to an aromatic ring is 1. The van der Waals surface area contributed by atoms with E-state index in [1.54, 1.807) is 18.2 Å². The van der Waals surface area contributed by atoms with Gasteiger partial charge in [0.15, 0.2) is 0 Å². The molecular weight excluding hydrogens is 290 g/mol. The molecular formula is C15H24ClN3O2. The molecule has 1 aromatic rings. The van der Waals surface area contributed by atoms with Crippen molar-refractivity contribution in [2.75, 3.05) is 30.7 Å². The Hall–Kier alpha value is -1.30. The van der Waals surface area contributed by atoms with Crippen LogP contribution < -0.4 is 11.1 Å². The zero-order valence-corrected chi connectivity index (χ0v) is 13.4. The largest absolute Gasteiger partial charge is 0.397 e. The van der Waals surface area contributed by atoms with E-state index >= 15 is 0 Å². The van der Waals surface area contributed by atoms with Crippen molar-refractivity contribution in [1.29, 1.82) is 0 Å². The average molecular weight is 314 g/mol. The van der Waals surface area contributed by atoms with Gasteiger partial charge in [-0.1, -0.05) is 11.6 Å². The lowest BCUT2D eigenvalue weighted by molar-refractivity contribution is -0.116. The van der Waals surface area contributed by atoms with E-state index in [0.717, 1.165) is 13.0 Å². The number of nitrogens with one attached hydrogen (secondary N) is 1. The number of nitrogens with two attached hydrogens (primary N) is 1. The molecule has 1 aromatic carbocycles. The van der Waals surface area contributed by atoms with Crippen LogP contribution in [0.3, 0.4) is 0 Å². The summed E-state index contributed by atoms with van der Waals surface area (Å²) in [5.74, 6) is -0.0864. The number of aliphatic hydroxyl groups is 1. The number of halogens is 1. The zero-order chi connectivity index (χ0) is 15.8. The molecule has 1 rings (SSSR count). The highest BCUT2D eigenvalue weighted by Crippen LogP contribution is 2.23. The van der Waals surface area contributed by atoms with Crippen molar-refractivity contribution in [1.82, 2.24) is 4.90 Å². The first-order valence-corrected chi connectivity index (χ1v) is 7.51. The number of nitrogens with zero attached hydrogens (tertiary/aromatic N) is 1. The molecule has 1 amide bonds. The van der Waals surface area contributed by atoms with Crippen LogP contribution in [0.4, 0.5) is 11.4 Å². The van der Waals surface area contributed by atoms with Gasteiger partial charge in [-0.15, -0.1) is 0 Å². The van der Waals surface area contributed by atoms with Crippen molar-refractivity contribution in [2.24, 2.45) is 0 Å². The SMILES string of the molecule is CC(C)N(CCO)CCCC(=O)Nc1cc(Cl)ccc1N. The Morgan fingerprint density at radius 2 is 2.14 bits per heavy atom. The molecule has 0 heterocycles. The fraction of sp³-hybridized carbons (Fsp3) is 0.533.